The maximum absolute atomic E-state index is 12.1. The van der Waals surface area contributed by atoms with Crippen LogP contribution >= 0.6 is 12.6 Å². The summed E-state index contributed by atoms with van der Waals surface area (Å²) >= 11 is 4.30. The molecule has 1 amide bonds. The lowest BCUT2D eigenvalue weighted by molar-refractivity contribution is -0.117. The summed E-state index contributed by atoms with van der Waals surface area (Å²) in [7, 11) is 1.88. The number of hydrogen-bond acceptors (Lipinski definition) is 3. The quantitative estimate of drug-likeness (QED) is 0.880. The van der Waals surface area contributed by atoms with Crippen LogP contribution < -0.4 is 4.90 Å². The van der Waals surface area contributed by atoms with Gasteiger partial charge in [0.1, 0.15) is 5.82 Å². The molecule has 5 heteroatoms. The average Bonchev–Trinajstić information content (AvgIpc) is 3.02. The van der Waals surface area contributed by atoms with Gasteiger partial charge in [0.15, 0.2) is 0 Å². The number of benzene rings is 1. The zero-order chi connectivity index (χ0) is 14.1. The predicted molar refractivity (Wildman–Crippen MR) is 83.0 cm³/mol. The fraction of sp³-hybridized carbons (Fsp3) is 0.333. The van der Waals surface area contributed by atoms with E-state index in [1.165, 1.54) is 0 Å². The number of carbonyl (C=O) groups excluding carboxylic acids is 1. The van der Waals surface area contributed by atoms with Crippen molar-refractivity contribution < 1.29 is 4.79 Å². The minimum atomic E-state index is 0.159. The van der Waals surface area contributed by atoms with Crippen molar-refractivity contribution in [1.29, 1.82) is 0 Å². The van der Waals surface area contributed by atoms with E-state index in [2.05, 4.69) is 17.7 Å². The molecule has 1 aliphatic rings. The lowest BCUT2D eigenvalue weighted by atomic mass is 10.1. The summed E-state index contributed by atoms with van der Waals surface area (Å²) in [5.74, 6) is 2.09. The number of thiol groups is 1. The average molecular weight is 287 g/mol. The molecular weight excluding hydrogens is 270 g/mol. The van der Waals surface area contributed by atoms with Crippen molar-refractivity contribution in [3.8, 4) is 11.3 Å². The van der Waals surface area contributed by atoms with E-state index in [1.54, 1.807) is 4.68 Å². The predicted octanol–water partition coefficient (Wildman–Crippen LogP) is 2.37. The van der Waals surface area contributed by atoms with Gasteiger partial charge >= 0.3 is 0 Å². The van der Waals surface area contributed by atoms with Crippen LogP contribution in [0.2, 0.25) is 0 Å². The monoisotopic (exact) mass is 287 g/mol. The highest BCUT2D eigenvalue weighted by Gasteiger charge is 2.31. The number of rotatable bonds is 3. The Hall–Kier alpha value is -1.75. The van der Waals surface area contributed by atoms with Gasteiger partial charge in [-0.05, 0) is 11.7 Å². The minimum absolute atomic E-state index is 0.159. The lowest BCUT2D eigenvalue weighted by Crippen LogP contribution is -2.26. The van der Waals surface area contributed by atoms with Crippen molar-refractivity contribution in [2.24, 2.45) is 13.0 Å². The zero-order valence-corrected chi connectivity index (χ0v) is 12.3. The second kappa shape index (κ2) is 5.32. The highest BCUT2D eigenvalue weighted by molar-refractivity contribution is 7.80. The van der Waals surface area contributed by atoms with Crippen LogP contribution in [0.25, 0.3) is 11.3 Å². The molecule has 1 aromatic carbocycles. The van der Waals surface area contributed by atoms with Crippen LogP contribution in [-0.2, 0) is 11.8 Å². The lowest BCUT2D eigenvalue weighted by Gasteiger charge is -2.15. The molecule has 1 aliphatic heterocycles. The Morgan fingerprint density at radius 3 is 2.75 bits per heavy atom. The fourth-order valence-corrected chi connectivity index (χ4v) is 2.83. The number of anilines is 1. The largest absolute Gasteiger partial charge is 0.297 e. The maximum Gasteiger partial charge on any atom is 0.228 e. The summed E-state index contributed by atoms with van der Waals surface area (Å²) in [5.41, 5.74) is 1.96. The fourth-order valence-electron chi connectivity index (χ4n) is 2.59. The van der Waals surface area contributed by atoms with Crippen LogP contribution in [0.5, 0.6) is 0 Å². The highest BCUT2D eigenvalue weighted by atomic mass is 32.1. The third-order valence-corrected chi connectivity index (χ3v) is 4.18. The van der Waals surface area contributed by atoms with Gasteiger partial charge in [0.05, 0.1) is 5.69 Å². The molecule has 2 heterocycles. The Kier molecular flexibility index (Phi) is 3.53. The molecule has 0 spiro atoms. The molecule has 2 aromatic rings. The standard InChI is InChI=1S/C15H17N3OS/c1-17-14(18-9-11(10-20)7-15(18)19)8-13(16-17)12-5-3-2-4-6-12/h2-6,8,11,20H,7,9-10H2,1H3. The Morgan fingerprint density at radius 2 is 2.10 bits per heavy atom. The third kappa shape index (κ3) is 2.33. The number of amides is 1. The number of carbonyl (C=O) groups is 1. The Bertz CT molecular complexity index is 623. The molecule has 0 saturated carbocycles. The molecule has 20 heavy (non-hydrogen) atoms. The van der Waals surface area contributed by atoms with Gasteiger partial charge in [-0.2, -0.15) is 17.7 Å². The van der Waals surface area contributed by atoms with Gasteiger partial charge in [0.25, 0.3) is 0 Å². The molecule has 1 saturated heterocycles. The molecule has 0 radical (unpaired) electrons. The second-order valence-corrected chi connectivity index (χ2v) is 5.50. The summed E-state index contributed by atoms with van der Waals surface area (Å²) in [6.07, 6.45) is 0.579. The van der Waals surface area contributed by atoms with E-state index in [1.807, 2.05) is 48.3 Å². The van der Waals surface area contributed by atoms with E-state index in [9.17, 15) is 4.79 Å². The Balaban J connectivity index is 1.92. The highest BCUT2D eigenvalue weighted by Crippen LogP contribution is 2.29. The first-order chi connectivity index (χ1) is 9.69. The molecule has 104 valence electrons. The number of nitrogens with zero attached hydrogens (tertiary/aromatic N) is 3. The molecule has 4 nitrogen and oxygen atoms in total. The van der Waals surface area contributed by atoms with Gasteiger partial charge in [-0.25, -0.2) is 0 Å². The van der Waals surface area contributed by atoms with Crippen LogP contribution in [0.3, 0.4) is 0 Å². The van der Waals surface area contributed by atoms with Crippen LogP contribution in [0, 0.1) is 5.92 Å². The van der Waals surface area contributed by atoms with E-state index in [0.29, 0.717) is 12.3 Å². The summed E-state index contributed by atoms with van der Waals surface area (Å²) in [6, 6.07) is 12.0. The van der Waals surface area contributed by atoms with Crippen molar-refractivity contribution >= 4 is 24.4 Å². The van der Waals surface area contributed by atoms with Crippen LogP contribution in [0.1, 0.15) is 6.42 Å². The zero-order valence-electron chi connectivity index (χ0n) is 11.4. The Morgan fingerprint density at radius 1 is 1.35 bits per heavy atom. The van der Waals surface area contributed by atoms with Crippen LogP contribution in [0.15, 0.2) is 36.4 Å². The van der Waals surface area contributed by atoms with E-state index >= 15 is 0 Å². The van der Waals surface area contributed by atoms with Gasteiger partial charge in [0, 0.05) is 31.6 Å². The van der Waals surface area contributed by atoms with Crippen molar-refractivity contribution in [3.63, 3.8) is 0 Å². The molecule has 0 aliphatic carbocycles. The second-order valence-electron chi connectivity index (χ2n) is 5.13. The first-order valence-electron chi connectivity index (χ1n) is 6.69. The number of aromatic nitrogens is 2. The summed E-state index contributed by atoms with van der Waals surface area (Å²) in [6.45, 7) is 0.732. The molecule has 3 rings (SSSR count). The third-order valence-electron chi connectivity index (χ3n) is 3.66. The van der Waals surface area contributed by atoms with Gasteiger partial charge in [-0.3, -0.25) is 14.4 Å². The van der Waals surface area contributed by atoms with Crippen molar-refractivity contribution in [2.45, 2.75) is 6.42 Å². The van der Waals surface area contributed by atoms with Crippen LogP contribution in [0.4, 0.5) is 5.82 Å². The number of aryl methyl sites for hydroxylation is 1. The van der Waals surface area contributed by atoms with E-state index < -0.39 is 0 Å². The first-order valence-corrected chi connectivity index (χ1v) is 7.33. The first kappa shape index (κ1) is 13.2. The maximum atomic E-state index is 12.1. The molecule has 1 atom stereocenters. The normalized spacial score (nSPS) is 18.8. The molecule has 0 N–H and O–H groups in total. The van der Waals surface area contributed by atoms with E-state index in [0.717, 1.165) is 29.4 Å². The van der Waals surface area contributed by atoms with Gasteiger partial charge in [-0.1, -0.05) is 30.3 Å². The SMILES string of the molecule is Cn1nc(-c2ccccc2)cc1N1CC(CS)CC1=O. The number of hydrogen-bond donors (Lipinski definition) is 1. The van der Waals surface area contributed by atoms with Crippen molar-refractivity contribution in [2.75, 3.05) is 17.2 Å². The topological polar surface area (TPSA) is 38.1 Å². The van der Waals surface area contributed by atoms with Crippen molar-refractivity contribution in [1.82, 2.24) is 9.78 Å². The van der Waals surface area contributed by atoms with Gasteiger partial charge in [0.2, 0.25) is 5.91 Å². The molecule has 1 fully saturated rings. The van der Waals surface area contributed by atoms with E-state index in [-0.39, 0.29) is 5.91 Å². The van der Waals surface area contributed by atoms with Gasteiger partial charge in [-0.15, -0.1) is 0 Å². The summed E-state index contributed by atoms with van der Waals surface area (Å²) in [4.78, 5) is 13.9. The summed E-state index contributed by atoms with van der Waals surface area (Å²) in [5, 5.41) is 4.51. The molecule has 1 unspecified atom stereocenters. The van der Waals surface area contributed by atoms with E-state index in [4.69, 9.17) is 0 Å². The smallest absolute Gasteiger partial charge is 0.228 e. The Labute approximate surface area is 123 Å². The summed E-state index contributed by atoms with van der Waals surface area (Å²) < 4.78 is 1.78. The molecule has 0 bridgehead atoms. The van der Waals surface area contributed by atoms with Crippen molar-refractivity contribution in [3.05, 3.63) is 36.4 Å². The minimum Gasteiger partial charge on any atom is -0.297 e. The van der Waals surface area contributed by atoms with Crippen LogP contribution in [-0.4, -0.2) is 28.0 Å². The van der Waals surface area contributed by atoms with Gasteiger partial charge < -0.3 is 0 Å². The molecule has 1 aromatic heterocycles. The molecular formula is C15H17N3OS.